The van der Waals surface area contributed by atoms with E-state index in [9.17, 15) is 0 Å². The molecule has 1 aliphatic carbocycles. The number of hydrogen-bond acceptors (Lipinski definition) is 2. The van der Waals surface area contributed by atoms with Crippen LogP contribution in [0.5, 0.6) is 0 Å². The molecule has 0 amide bonds. The van der Waals surface area contributed by atoms with E-state index >= 15 is 0 Å². The third kappa shape index (κ3) is 2.40. The standard InChI is InChI=1S/C12H11Br2N3/c13-8-1-4-10(14)11(7-8)17-6-5-15-12(17)16-9-2-3-9/h1,4-7,9H,2-3H2,(H,15,16). The van der Waals surface area contributed by atoms with Crippen LogP contribution in [0.3, 0.4) is 0 Å². The first-order valence-electron chi connectivity index (χ1n) is 5.49. The molecule has 88 valence electrons. The molecule has 17 heavy (non-hydrogen) atoms. The highest BCUT2D eigenvalue weighted by Gasteiger charge is 2.23. The normalized spacial score (nSPS) is 14.9. The van der Waals surface area contributed by atoms with Crippen LogP contribution in [-0.2, 0) is 0 Å². The topological polar surface area (TPSA) is 29.9 Å². The Morgan fingerprint density at radius 3 is 2.88 bits per heavy atom. The van der Waals surface area contributed by atoms with E-state index in [0.29, 0.717) is 6.04 Å². The molecule has 1 aromatic carbocycles. The van der Waals surface area contributed by atoms with Gasteiger partial charge in [0.2, 0.25) is 5.95 Å². The lowest BCUT2D eigenvalue weighted by Crippen LogP contribution is -2.08. The molecule has 3 nitrogen and oxygen atoms in total. The fourth-order valence-corrected chi connectivity index (χ4v) is 2.47. The van der Waals surface area contributed by atoms with Crippen molar-refractivity contribution in [3.8, 4) is 5.69 Å². The summed E-state index contributed by atoms with van der Waals surface area (Å²) in [6, 6.07) is 6.71. The second-order valence-corrected chi connectivity index (χ2v) is 5.91. The van der Waals surface area contributed by atoms with E-state index < -0.39 is 0 Å². The molecule has 0 aliphatic heterocycles. The SMILES string of the molecule is Brc1ccc(Br)c(-n2ccnc2NC2CC2)c1. The third-order valence-electron chi connectivity index (χ3n) is 2.72. The molecule has 1 aromatic heterocycles. The summed E-state index contributed by atoms with van der Waals surface area (Å²) >= 11 is 7.07. The molecule has 1 saturated carbocycles. The predicted octanol–water partition coefficient (Wildman–Crippen LogP) is 3.97. The first-order chi connectivity index (χ1) is 8.24. The van der Waals surface area contributed by atoms with Gasteiger partial charge in [-0.15, -0.1) is 0 Å². The molecule has 2 aromatic rings. The second-order valence-electron chi connectivity index (χ2n) is 4.14. The summed E-state index contributed by atoms with van der Waals surface area (Å²) in [4.78, 5) is 4.36. The van der Waals surface area contributed by atoms with Crippen LogP contribution in [0.25, 0.3) is 5.69 Å². The molecule has 0 spiro atoms. The molecule has 0 unspecified atom stereocenters. The minimum atomic E-state index is 0.599. The highest BCUT2D eigenvalue weighted by molar-refractivity contribution is 9.11. The zero-order valence-electron chi connectivity index (χ0n) is 9.03. The molecule has 0 radical (unpaired) electrons. The summed E-state index contributed by atoms with van der Waals surface area (Å²) in [5, 5.41) is 3.43. The lowest BCUT2D eigenvalue weighted by atomic mass is 10.3. The van der Waals surface area contributed by atoms with E-state index in [-0.39, 0.29) is 0 Å². The fourth-order valence-electron chi connectivity index (χ4n) is 1.69. The molecule has 1 N–H and O–H groups in total. The number of rotatable bonds is 3. The number of aromatic nitrogens is 2. The van der Waals surface area contributed by atoms with Crippen molar-refractivity contribution in [2.75, 3.05) is 5.32 Å². The van der Waals surface area contributed by atoms with Crippen LogP contribution in [0.1, 0.15) is 12.8 Å². The van der Waals surface area contributed by atoms with E-state index in [4.69, 9.17) is 0 Å². The summed E-state index contributed by atoms with van der Waals surface area (Å²) in [7, 11) is 0. The van der Waals surface area contributed by atoms with Gasteiger partial charge in [0.25, 0.3) is 0 Å². The Balaban J connectivity index is 2.01. The maximum absolute atomic E-state index is 4.36. The largest absolute Gasteiger partial charge is 0.353 e. The molecule has 0 saturated heterocycles. The van der Waals surface area contributed by atoms with Crippen LogP contribution in [0.15, 0.2) is 39.5 Å². The number of halogens is 2. The van der Waals surface area contributed by atoms with Crippen molar-refractivity contribution in [3.05, 3.63) is 39.5 Å². The number of hydrogen-bond donors (Lipinski definition) is 1. The first kappa shape index (κ1) is 11.3. The van der Waals surface area contributed by atoms with Gasteiger partial charge in [0, 0.05) is 27.4 Å². The highest BCUT2D eigenvalue weighted by Crippen LogP contribution is 2.29. The van der Waals surface area contributed by atoms with Crippen LogP contribution in [-0.4, -0.2) is 15.6 Å². The molecular weight excluding hydrogens is 346 g/mol. The van der Waals surface area contributed by atoms with Crippen molar-refractivity contribution in [3.63, 3.8) is 0 Å². The van der Waals surface area contributed by atoms with Crippen LogP contribution >= 0.6 is 31.9 Å². The zero-order chi connectivity index (χ0) is 11.8. The lowest BCUT2D eigenvalue weighted by molar-refractivity contribution is 0.997. The van der Waals surface area contributed by atoms with Gasteiger partial charge < -0.3 is 5.32 Å². The first-order valence-corrected chi connectivity index (χ1v) is 7.08. The highest BCUT2D eigenvalue weighted by atomic mass is 79.9. The summed E-state index contributed by atoms with van der Waals surface area (Å²) < 4.78 is 4.17. The summed E-state index contributed by atoms with van der Waals surface area (Å²) in [5.74, 6) is 0.909. The minimum absolute atomic E-state index is 0.599. The van der Waals surface area contributed by atoms with Crippen molar-refractivity contribution in [1.29, 1.82) is 0 Å². The molecule has 0 bridgehead atoms. The Kier molecular flexibility index (Phi) is 2.96. The van der Waals surface area contributed by atoms with Gasteiger partial charge in [0.1, 0.15) is 0 Å². The Morgan fingerprint density at radius 2 is 2.12 bits per heavy atom. The van der Waals surface area contributed by atoms with Crippen molar-refractivity contribution in [1.82, 2.24) is 9.55 Å². The van der Waals surface area contributed by atoms with Gasteiger partial charge >= 0.3 is 0 Å². The maximum atomic E-state index is 4.36. The molecule has 1 heterocycles. The van der Waals surface area contributed by atoms with E-state index in [1.165, 1.54) is 12.8 Å². The average molecular weight is 357 g/mol. The zero-order valence-corrected chi connectivity index (χ0v) is 12.2. The van der Waals surface area contributed by atoms with Gasteiger partial charge in [-0.3, -0.25) is 4.57 Å². The van der Waals surface area contributed by atoms with Crippen molar-refractivity contribution >= 4 is 37.8 Å². The van der Waals surface area contributed by atoms with Gasteiger partial charge in [-0.05, 0) is 47.0 Å². The molecule has 0 atom stereocenters. The Morgan fingerprint density at radius 1 is 1.29 bits per heavy atom. The summed E-state index contributed by atoms with van der Waals surface area (Å²) in [5.41, 5.74) is 1.08. The third-order valence-corrected chi connectivity index (χ3v) is 3.88. The van der Waals surface area contributed by atoms with Crippen molar-refractivity contribution in [2.24, 2.45) is 0 Å². The number of imidazole rings is 1. The Labute approximate surface area is 117 Å². The van der Waals surface area contributed by atoms with Crippen molar-refractivity contribution in [2.45, 2.75) is 18.9 Å². The minimum Gasteiger partial charge on any atom is -0.353 e. The number of anilines is 1. The van der Waals surface area contributed by atoms with Crippen LogP contribution in [0.2, 0.25) is 0 Å². The van der Waals surface area contributed by atoms with E-state index in [1.54, 1.807) is 0 Å². The molecular formula is C12H11Br2N3. The van der Waals surface area contributed by atoms with Crippen LogP contribution in [0.4, 0.5) is 5.95 Å². The second kappa shape index (κ2) is 4.46. The summed E-state index contributed by atoms with van der Waals surface area (Å²) in [6.07, 6.45) is 6.27. The number of benzene rings is 1. The molecule has 3 rings (SSSR count). The van der Waals surface area contributed by atoms with Gasteiger partial charge in [0.15, 0.2) is 0 Å². The number of nitrogens with zero attached hydrogens (tertiary/aromatic N) is 2. The van der Waals surface area contributed by atoms with E-state index in [2.05, 4.69) is 52.8 Å². The van der Waals surface area contributed by atoms with Crippen LogP contribution < -0.4 is 5.32 Å². The smallest absolute Gasteiger partial charge is 0.207 e. The molecule has 5 heteroatoms. The Hall–Kier alpha value is -0.810. The van der Waals surface area contributed by atoms with Gasteiger partial charge in [-0.1, -0.05) is 15.9 Å². The lowest BCUT2D eigenvalue weighted by Gasteiger charge is -2.11. The van der Waals surface area contributed by atoms with Gasteiger partial charge in [-0.25, -0.2) is 4.98 Å². The fraction of sp³-hybridized carbons (Fsp3) is 0.250. The molecule has 1 fully saturated rings. The van der Waals surface area contributed by atoms with Crippen molar-refractivity contribution < 1.29 is 0 Å². The predicted molar refractivity (Wildman–Crippen MR) is 75.6 cm³/mol. The maximum Gasteiger partial charge on any atom is 0.207 e. The summed E-state index contributed by atoms with van der Waals surface area (Å²) in [6.45, 7) is 0. The van der Waals surface area contributed by atoms with Crippen LogP contribution in [0, 0.1) is 0 Å². The molecule has 1 aliphatic rings. The van der Waals surface area contributed by atoms with E-state index in [0.717, 1.165) is 20.6 Å². The van der Waals surface area contributed by atoms with E-state index in [1.807, 2.05) is 24.5 Å². The number of nitrogens with one attached hydrogen (secondary N) is 1. The quantitative estimate of drug-likeness (QED) is 0.901. The average Bonchev–Trinajstić information content (AvgIpc) is 3.00. The Bertz CT molecular complexity index is 546. The monoisotopic (exact) mass is 355 g/mol. The van der Waals surface area contributed by atoms with Gasteiger partial charge in [0.05, 0.1) is 5.69 Å². The van der Waals surface area contributed by atoms with Gasteiger partial charge in [-0.2, -0.15) is 0 Å².